The summed E-state index contributed by atoms with van der Waals surface area (Å²) in [5.74, 6) is 0. The van der Waals surface area contributed by atoms with Crippen molar-refractivity contribution in [1.29, 1.82) is 0 Å². The Kier molecular flexibility index (Phi) is 3.39. The molecule has 0 aliphatic heterocycles. The van der Waals surface area contributed by atoms with Gasteiger partial charge in [-0.3, -0.25) is 0 Å². The van der Waals surface area contributed by atoms with Crippen LogP contribution in [0.3, 0.4) is 0 Å². The van der Waals surface area contributed by atoms with Crippen LogP contribution in [-0.4, -0.2) is 19.7 Å². The molecule has 0 spiro atoms. The normalized spacial score (nSPS) is 15.0. The molecule has 0 bridgehead atoms. The van der Waals surface area contributed by atoms with E-state index in [1.807, 2.05) is 58.2 Å². The predicted octanol–water partition coefficient (Wildman–Crippen LogP) is 3.44. The zero-order valence-corrected chi connectivity index (χ0v) is 12.0. The zero-order chi connectivity index (χ0) is 13.3. The Labute approximate surface area is 110 Å². The number of aromatic nitrogens is 1. The summed E-state index contributed by atoms with van der Waals surface area (Å²) in [4.78, 5) is 3.17. The highest BCUT2D eigenvalue weighted by Crippen LogP contribution is 2.20. The van der Waals surface area contributed by atoms with E-state index >= 15 is 0 Å². The Morgan fingerprint density at radius 1 is 1.28 bits per heavy atom. The molecule has 1 atom stereocenters. The van der Waals surface area contributed by atoms with Crippen LogP contribution < -0.4 is 0 Å². The van der Waals surface area contributed by atoms with E-state index in [4.69, 9.17) is 0 Å². The number of rotatable bonds is 2. The fourth-order valence-corrected chi connectivity index (χ4v) is 2.33. The van der Waals surface area contributed by atoms with Crippen LogP contribution in [0.25, 0.3) is 10.9 Å². The molecule has 1 heterocycles. The maximum absolute atomic E-state index is 12.0. The lowest BCUT2D eigenvalue weighted by atomic mass is 10.1. The van der Waals surface area contributed by atoms with Crippen LogP contribution in [0.4, 0.5) is 0 Å². The maximum atomic E-state index is 12.0. The fourth-order valence-electron chi connectivity index (χ4n) is 1.71. The van der Waals surface area contributed by atoms with Gasteiger partial charge in [0.2, 0.25) is 0 Å². The van der Waals surface area contributed by atoms with Gasteiger partial charge < -0.3 is 4.98 Å². The molecule has 1 aromatic carbocycles. The van der Waals surface area contributed by atoms with Gasteiger partial charge in [0.15, 0.2) is 0 Å². The van der Waals surface area contributed by atoms with E-state index in [1.54, 1.807) is 0 Å². The van der Waals surface area contributed by atoms with Crippen molar-refractivity contribution in [3.63, 3.8) is 0 Å². The summed E-state index contributed by atoms with van der Waals surface area (Å²) in [7, 11) is -1.22. The van der Waals surface area contributed by atoms with E-state index < -0.39 is 11.0 Å². The van der Waals surface area contributed by atoms with Crippen LogP contribution in [0.15, 0.2) is 34.9 Å². The molecule has 0 saturated carbocycles. The highest BCUT2D eigenvalue weighted by Gasteiger charge is 2.19. The van der Waals surface area contributed by atoms with E-state index in [1.165, 1.54) is 0 Å². The van der Waals surface area contributed by atoms with Crippen LogP contribution in [0, 0.1) is 0 Å². The minimum absolute atomic E-state index is 0.326. The Morgan fingerprint density at radius 3 is 2.67 bits per heavy atom. The van der Waals surface area contributed by atoms with Crippen molar-refractivity contribution in [1.82, 2.24) is 4.98 Å². The lowest BCUT2D eigenvalue weighted by Crippen LogP contribution is -2.20. The Morgan fingerprint density at radius 2 is 2.00 bits per heavy atom. The third-order valence-electron chi connectivity index (χ3n) is 2.73. The van der Waals surface area contributed by atoms with Crippen LogP contribution in [0.5, 0.6) is 0 Å². The van der Waals surface area contributed by atoms with Crippen molar-refractivity contribution in [2.75, 3.05) is 0 Å². The summed E-state index contributed by atoms with van der Waals surface area (Å²) in [6.45, 7) is 7.69. The monoisotopic (exact) mass is 262 g/mol. The molecule has 0 amide bonds. The second-order valence-corrected chi connectivity index (χ2v) is 7.19. The second kappa shape index (κ2) is 4.69. The Hall–Kier alpha value is -1.42. The van der Waals surface area contributed by atoms with Gasteiger partial charge in [-0.05, 0) is 39.8 Å². The number of hydrogen-bond acceptors (Lipinski definition) is 1. The molecule has 4 heteroatoms. The summed E-state index contributed by atoms with van der Waals surface area (Å²) >= 11 is 0. The van der Waals surface area contributed by atoms with Crippen molar-refractivity contribution >= 4 is 27.6 Å². The van der Waals surface area contributed by atoms with Crippen molar-refractivity contribution in [2.45, 2.75) is 32.4 Å². The van der Waals surface area contributed by atoms with Crippen molar-refractivity contribution < 1.29 is 4.21 Å². The number of nitrogens with one attached hydrogen (secondary N) is 1. The van der Waals surface area contributed by atoms with E-state index in [9.17, 15) is 4.21 Å². The van der Waals surface area contributed by atoms with Gasteiger partial charge in [0.1, 0.15) is 11.0 Å². The van der Waals surface area contributed by atoms with E-state index in [-0.39, 0.29) is 4.75 Å². The molecule has 1 N–H and O–H groups in total. The third kappa shape index (κ3) is 2.53. The number of fused-ring (bicyclic) bond motifs is 1. The molecule has 2 rings (SSSR count). The Balaban J connectivity index is 2.46. The molecule has 0 aliphatic carbocycles. The molecule has 2 aromatic rings. The highest BCUT2D eigenvalue weighted by atomic mass is 32.2. The quantitative estimate of drug-likeness (QED) is 0.828. The zero-order valence-electron chi connectivity index (χ0n) is 11.2. The molecule has 0 fully saturated rings. The molecule has 0 unspecified atom stereocenters. The van der Waals surface area contributed by atoms with Crippen molar-refractivity contribution in [3.8, 4) is 0 Å². The lowest BCUT2D eigenvalue weighted by Gasteiger charge is -2.14. The van der Waals surface area contributed by atoms with E-state index in [0.717, 1.165) is 22.2 Å². The fraction of sp³-hybridized carbons (Fsp3) is 0.357. The van der Waals surface area contributed by atoms with Gasteiger partial charge in [-0.2, -0.15) is 4.40 Å². The molecular weight excluding hydrogens is 244 g/mol. The predicted molar refractivity (Wildman–Crippen MR) is 78.4 cm³/mol. The van der Waals surface area contributed by atoms with Crippen molar-refractivity contribution in [2.24, 2.45) is 4.40 Å². The first-order valence-corrected chi connectivity index (χ1v) is 7.04. The molecule has 0 aliphatic rings. The van der Waals surface area contributed by atoms with Gasteiger partial charge in [-0.1, -0.05) is 12.1 Å². The molecular formula is C14H18N2OS. The topological polar surface area (TPSA) is 45.2 Å². The van der Waals surface area contributed by atoms with E-state index in [2.05, 4.69) is 9.38 Å². The maximum Gasteiger partial charge on any atom is 0.145 e. The first-order chi connectivity index (χ1) is 8.39. The smallest absolute Gasteiger partial charge is 0.145 e. The standard InChI is InChI=1S/C14H18N2OS/c1-10(16-18(17)14(2,3)4)11-6-5-7-13-12(11)8-9-15-13/h5-9,15H,1-4H3/b16-10+/t18-/m0/s1. The van der Waals surface area contributed by atoms with Gasteiger partial charge in [-0.15, -0.1) is 0 Å². The summed E-state index contributed by atoms with van der Waals surface area (Å²) in [6, 6.07) is 8.03. The first kappa shape index (κ1) is 13.0. The van der Waals surface area contributed by atoms with Gasteiger partial charge in [-0.25, -0.2) is 4.21 Å². The number of hydrogen-bond donors (Lipinski definition) is 1. The van der Waals surface area contributed by atoms with Gasteiger partial charge in [0.25, 0.3) is 0 Å². The van der Waals surface area contributed by atoms with Crippen LogP contribution in [0.1, 0.15) is 33.3 Å². The molecule has 0 saturated heterocycles. The molecule has 96 valence electrons. The minimum atomic E-state index is -1.22. The van der Waals surface area contributed by atoms with Crippen molar-refractivity contribution in [3.05, 3.63) is 36.0 Å². The Bertz CT molecular complexity index is 620. The summed E-state index contributed by atoms with van der Waals surface area (Å²) < 4.78 is 16.0. The third-order valence-corrected chi connectivity index (χ3v) is 4.22. The SMILES string of the molecule is C/C(=N\[S@@](=O)C(C)(C)C)c1cccc2[nH]ccc12. The van der Waals surface area contributed by atoms with E-state index in [0.29, 0.717) is 0 Å². The average molecular weight is 262 g/mol. The highest BCUT2D eigenvalue weighted by molar-refractivity contribution is 7.85. The largest absolute Gasteiger partial charge is 0.361 e. The summed E-state index contributed by atoms with van der Waals surface area (Å²) in [5.41, 5.74) is 2.92. The number of benzene rings is 1. The van der Waals surface area contributed by atoms with Crippen LogP contribution in [-0.2, 0) is 11.0 Å². The number of nitrogens with zero attached hydrogens (tertiary/aromatic N) is 1. The summed E-state index contributed by atoms with van der Waals surface area (Å²) in [5, 5.41) is 1.12. The van der Waals surface area contributed by atoms with Gasteiger partial charge >= 0.3 is 0 Å². The number of aromatic amines is 1. The molecule has 18 heavy (non-hydrogen) atoms. The average Bonchev–Trinajstić information content (AvgIpc) is 2.74. The minimum Gasteiger partial charge on any atom is -0.361 e. The first-order valence-electron chi connectivity index (χ1n) is 5.93. The van der Waals surface area contributed by atoms with Gasteiger partial charge in [0.05, 0.1) is 10.5 Å². The van der Waals surface area contributed by atoms with Crippen LogP contribution in [0.2, 0.25) is 0 Å². The van der Waals surface area contributed by atoms with Gasteiger partial charge in [0, 0.05) is 22.7 Å². The van der Waals surface area contributed by atoms with Crippen LogP contribution >= 0.6 is 0 Å². The number of H-pyrrole nitrogens is 1. The summed E-state index contributed by atoms with van der Waals surface area (Å²) in [6.07, 6.45) is 1.90. The molecule has 0 radical (unpaired) electrons. The second-order valence-electron chi connectivity index (χ2n) is 5.28. The molecule has 3 nitrogen and oxygen atoms in total. The molecule has 1 aromatic heterocycles. The lowest BCUT2D eigenvalue weighted by molar-refractivity contribution is 0.650.